The average molecular weight is 382 g/mol. The van der Waals surface area contributed by atoms with E-state index < -0.39 is 0 Å². The number of pyridine rings is 1. The van der Waals surface area contributed by atoms with Crippen LogP contribution in [0.4, 0.5) is 0 Å². The highest BCUT2D eigenvalue weighted by Crippen LogP contribution is 2.47. The highest BCUT2D eigenvalue weighted by Gasteiger charge is 2.38. The summed E-state index contributed by atoms with van der Waals surface area (Å²) in [5.74, 6) is 0.965. The Labute approximate surface area is 148 Å². The number of halogens is 1. The summed E-state index contributed by atoms with van der Waals surface area (Å²) < 4.78 is 1.80. The minimum Gasteiger partial charge on any atom is -0.294 e. The van der Waals surface area contributed by atoms with Gasteiger partial charge in [0.1, 0.15) is 0 Å². The number of ketones is 1. The number of benzene rings is 1. The lowest BCUT2D eigenvalue weighted by Gasteiger charge is -2.28. The van der Waals surface area contributed by atoms with Crippen LogP contribution >= 0.6 is 15.9 Å². The van der Waals surface area contributed by atoms with E-state index >= 15 is 0 Å². The van der Waals surface area contributed by atoms with Crippen LogP contribution in [0.1, 0.15) is 44.5 Å². The van der Waals surface area contributed by atoms with E-state index in [1.54, 1.807) is 10.9 Å². The molecule has 0 aliphatic heterocycles. The lowest BCUT2D eigenvalue weighted by molar-refractivity contribution is 0.0963. The van der Waals surface area contributed by atoms with Crippen molar-refractivity contribution in [2.24, 2.45) is 0 Å². The Morgan fingerprint density at radius 3 is 2.58 bits per heavy atom. The fourth-order valence-electron chi connectivity index (χ4n) is 3.38. The number of alkyl halides is 1. The first-order valence-corrected chi connectivity index (χ1v) is 8.81. The highest BCUT2D eigenvalue weighted by molar-refractivity contribution is 9.09. The van der Waals surface area contributed by atoms with Crippen molar-refractivity contribution in [3.05, 3.63) is 77.2 Å². The van der Waals surface area contributed by atoms with Crippen molar-refractivity contribution in [3.8, 4) is 5.82 Å². The van der Waals surface area contributed by atoms with E-state index in [0.717, 1.165) is 28.3 Å². The summed E-state index contributed by atoms with van der Waals surface area (Å²) in [5, 5.41) is 4.59. The summed E-state index contributed by atoms with van der Waals surface area (Å²) in [4.78, 5) is 17.2. The van der Waals surface area contributed by atoms with Gasteiger partial charge in [-0.1, -0.05) is 52.3 Å². The summed E-state index contributed by atoms with van der Waals surface area (Å²) in [5.41, 5.74) is 3.55. The number of carbonyl (C=O) groups excluding carboxylic acids is 1. The molecule has 4 nitrogen and oxygen atoms in total. The first kappa shape index (κ1) is 15.3. The van der Waals surface area contributed by atoms with Crippen LogP contribution in [0.5, 0.6) is 0 Å². The maximum atomic E-state index is 12.8. The number of nitrogens with zero attached hydrogens (tertiary/aromatic N) is 3. The molecule has 3 aromatic rings. The van der Waals surface area contributed by atoms with E-state index in [9.17, 15) is 4.79 Å². The SMILES string of the molecule is Cc1nn(-c2ccccn2)c2c1C(=O)CC(c1ccccc1)C2Br. The third kappa shape index (κ3) is 2.40. The van der Waals surface area contributed by atoms with Crippen LogP contribution in [0.15, 0.2) is 54.7 Å². The lowest BCUT2D eigenvalue weighted by Crippen LogP contribution is -2.22. The third-order valence-electron chi connectivity index (χ3n) is 4.49. The highest BCUT2D eigenvalue weighted by atomic mass is 79.9. The minimum absolute atomic E-state index is 0.0100. The first-order chi connectivity index (χ1) is 11.7. The van der Waals surface area contributed by atoms with Crippen LogP contribution in [0.25, 0.3) is 5.82 Å². The number of aromatic nitrogens is 3. The molecule has 0 amide bonds. The average Bonchev–Trinajstić information content (AvgIpc) is 2.98. The lowest BCUT2D eigenvalue weighted by atomic mass is 9.81. The number of carbonyl (C=O) groups is 1. The topological polar surface area (TPSA) is 47.8 Å². The molecule has 24 heavy (non-hydrogen) atoms. The minimum atomic E-state index is 0.0100. The number of aryl methyl sites for hydroxylation is 1. The molecular formula is C19H16BrN3O. The van der Waals surface area contributed by atoms with Crippen LogP contribution in [-0.4, -0.2) is 20.5 Å². The molecule has 2 unspecified atom stereocenters. The molecule has 0 radical (unpaired) electrons. The van der Waals surface area contributed by atoms with Crippen molar-refractivity contribution in [1.82, 2.24) is 14.8 Å². The molecule has 120 valence electrons. The van der Waals surface area contributed by atoms with Gasteiger partial charge in [0.05, 0.1) is 21.8 Å². The van der Waals surface area contributed by atoms with Gasteiger partial charge in [-0.05, 0) is 24.6 Å². The Morgan fingerprint density at radius 2 is 1.88 bits per heavy atom. The van der Waals surface area contributed by atoms with Gasteiger partial charge in [0.25, 0.3) is 0 Å². The van der Waals surface area contributed by atoms with Crippen molar-refractivity contribution in [2.45, 2.75) is 24.1 Å². The van der Waals surface area contributed by atoms with E-state index in [4.69, 9.17) is 0 Å². The molecule has 1 aromatic carbocycles. The predicted molar refractivity (Wildman–Crippen MR) is 95.9 cm³/mol. The molecule has 2 heterocycles. The van der Waals surface area contributed by atoms with Gasteiger partial charge in [-0.15, -0.1) is 0 Å². The predicted octanol–water partition coefficient (Wildman–Crippen LogP) is 4.38. The van der Waals surface area contributed by atoms with Gasteiger partial charge in [-0.25, -0.2) is 9.67 Å². The zero-order valence-electron chi connectivity index (χ0n) is 13.2. The zero-order chi connectivity index (χ0) is 16.7. The largest absolute Gasteiger partial charge is 0.294 e. The Balaban J connectivity index is 1.88. The van der Waals surface area contributed by atoms with E-state index in [1.807, 2.05) is 43.3 Å². The second kappa shape index (κ2) is 5.98. The van der Waals surface area contributed by atoms with E-state index in [-0.39, 0.29) is 16.5 Å². The molecule has 5 heteroatoms. The number of fused-ring (bicyclic) bond motifs is 1. The van der Waals surface area contributed by atoms with E-state index in [0.29, 0.717) is 6.42 Å². The smallest absolute Gasteiger partial charge is 0.167 e. The Kier molecular flexibility index (Phi) is 3.81. The number of hydrogen-bond acceptors (Lipinski definition) is 3. The van der Waals surface area contributed by atoms with Crippen LogP contribution in [-0.2, 0) is 0 Å². The van der Waals surface area contributed by atoms with Gasteiger partial charge >= 0.3 is 0 Å². The fourth-order valence-corrected chi connectivity index (χ4v) is 4.30. The Bertz CT molecular complexity index is 890. The van der Waals surface area contributed by atoms with Gasteiger partial charge in [0, 0.05) is 18.5 Å². The van der Waals surface area contributed by atoms with Crippen molar-refractivity contribution in [3.63, 3.8) is 0 Å². The van der Waals surface area contributed by atoms with E-state index in [2.05, 4.69) is 38.1 Å². The maximum absolute atomic E-state index is 12.8. The molecule has 0 spiro atoms. The summed E-state index contributed by atoms with van der Waals surface area (Å²) in [6.45, 7) is 1.89. The van der Waals surface area contributed by atoms with Crippen molar-refractivity contribution in [1.29, 1.82) is 0 Å². The van der Waals surface area contributed by atoms with Crippen molar-refractivity contribution in [2.75, 3.05) is 0 Å². The number of Topliss-reactive ketones (excluding diaryl/α,β-unsaturated/α-hetero) is 1. The van der Waals surface area contributed by atoms with Crippen molar-refractivity contribution >= 4 is 21.7 Å². The molecule has 0 saturated heterocycles. The molecule has 0 saturated carbocycles. The second-order valence-corrected chi connectivity index (χ2v) is 6.98. The normalized spacial score (nSPS) is 20.0. The molecule has 0 bridgehead atoms. The summed E-state index contributed by atoms with van der Waals surface area (Å²) in [7, 11) is 0. The molecular weight excluding hydrogens is 366 g/mol. The fraction of sp³-hybridized carbons (Fsp3) is 0.211. The Hall–Kier alpha value is -2.27. The Morgan fingerprint density at radius 1 is 1.12 bits per heavy atom. The van der Waals surface area contributed by atoms with Crippen LogP contribution in [0, 0.1) is 6.92 Å². The molecule has 2 aromatic heterocycles. The van der Waals surface area contributed by atoms with Crippen LogP contribution in [0.2, 0.25) is 0 Å². The quantitative estimate of drug-likeness (QED) is 0.618. The molecule has 0 fully saturated rings. The summed E-state index contributed by atoms with van der Waals surface area (Å²) >= 11 is 3.84. The monoisotopic (exact) mass is 381 g/mol. The number of rotatable bonds is 2. The van der Waals surface area contributed by atoms with Crippen molar-refractivity contribution < 1.29 is 4.79 Å². The second-order valence-electron chi connectivity index (χ2n) is 5.99. The maximum Gasteiger partial charge on any atom is 0.167 e. The zero-order valence-corrected chi connectivity index (χ0v) is 14.8. The molecule has 1 aliphatic rings. The molecule has 2 atom stereocenters. The summed E-state index contributed by atoms with van der Waals surface area (Å²) in [6.07, 6.45) is 2.23. The standard InChI is InChI=1S/C19H16BrN3O/c1-12-17-15(24)11-14(13-7-3-2-4-8-13)18(20)19(17)23(22-12)16-9-5-6-10-21-16/h2-10,14,18H,11H2,1H3. The third-order valence-corrected chi connectivity index (χ3v) is 5.56. The van der Waals surface area contributed by atoms with Gasteiger partial charge in [0.15, 0.2) is 11.6 Å². The van der Waals surface area contributed by atoms with Gasteiger partial charge in [0.2, 0.25) is 0 Å². The van der Waals surface area contributed by atoms with Gasteiger partial charge in [-0.3, -0.25) is 4.79 Å². The van der Waals surface area contributed by atoms with Gasteiger partial charge in [-0.2, -0.15) is 5.10 Å². The molecule has 1 aliphatic carbocycles. The van der Waals surface area contributed by atoms with Crippen LogP contribution < -0.4 is 0 Å². The van der Waals surface area contributed by atoms with Gasteiger partial charge < -0.3 is 0 Å². The van der Waals surface area contributed by atoms with E-state index in [1.165, 1.54) is 0 Å². The summed E-state index contributed by atoms with van der Waals surface area (Å²) in [6, 6.07) is 15.9. The van der Waals surface area contributed by atoms with Crippen LogP contribution in [0.3, 0.4) is 0 Å². The molecule has 4 rings (SSSR count). The first-order valence-electron chi connectivity index (χ1n) is 7.90. The molecule has 0 N–H and O–H groups in total. The number of hydrogen-bond donors (Lipinski definition) is 0.